The third kappa shape index (κ3) is 4.04. The quantitative estimate of drug-likeness (QED) is 0.431. The molecule has 0 N–H and O–H groups in total. The highest BCUT2D eigenvalue weighted by molar-refractivity contribution is 7.98. The van der Waals surface area contributed by atoms with Gasteiger partial charge >= 0.3 is 0 Å². The number of thioether (sulfide) groups is 1. The van der Waals surface area contributed by atoms with Crippen molar-refractivity contribution >= 4 is 45.9 Å². The van der Waals surface area contributed by atoms with Crippen molar-refractivity contribution in [3.8, 4) is 0 Å². The molecule has 0 spiro atoms. The second-order valence-corrected chi connectivity index (χ2v) is 7.28. The van der Waals surface area contributed by atoms with Gasteiger partial charge in [0.05, 0.1) is 24.1 Å². The van der Waals surface area contributed by atoms with E-state index >= 15 is 0 Å². The van der Waals surface area contributed by atoms with E-state index in [9.17, 15) is 9.18 Å². The van der Waals surface area contributed by atoms with Crippen LogP contribution in [0.25, 0.3) is 10.9 Å². The van der Waals surface area contributed by atoms with Gasteiger partial charge in [0.2, 0.25) is 0 Å². The zero-order chi connectivity index (χ0) is 18.7. The summed E-state index contributed by atoms with van der Waals surface area (Å²) >= 11 is 13.3. The second-order valence-electron chi connectivity index (χ2n) is 5.49. The minimum Gasteiger partial charge on any atom is -0.383 e. The summed E-state index contributed by atoms with van der Waals surface area (Å²) in [5.41, 5.74) is 0.682. The van der Waals surface area contributed by atoms with Gasteiger partial charge in [-0.15, -0.1) is 0 Å². The molecule has 26 heavy (non-hydrogen) atoms. The number of methoxy groups -OCH3 is 1. The fourth-order valence-electron chi connectivity index (χ4n) is 2.47. The highest BCUT2D eigenvalue weighted by Crippen LogP contribution is 2.28. The van der Waals surface area contributed by atoms with Crippen molar-refractivity contribution in [1.82, 2.24) is 9.55 Å². The maximum atomic E-state index is 14.0. The predicted octanol–water partition coefficient (Wildman–Crippen LogP) is 4.78. The largest absolute Gasteiger partial charge is 0.383 e. The molecule has 1 heterocycles. The summed E-state index contributed by atoms with van der Waals surface area (Å²) in [6.07, 6.45) is 0. The summed E-state index contributed by atoms with van der Waals surface area (Å²) in [5.74, 6) is -0.142. The zero-order valence-electron chi connectivity index (χ0n) is 13.8. The molecule has 0 unspecified atom stereocenters. The van der Waals surface area contributed by atoms with Gasteiger partial charge in [-0.3, -0.25) is 9.36 Å². The summed E-state index contributed by atoms with van der Waals surface area (Å²) in [7, 11) is 1.56. The third-order valence-corrected chi connectivity index (χ3v) is 5.40. The van der Waals surface area contributed by atoms with Crippen molar-refractivity contribution in [3.63, 3.8) is 0 Å². The number of fused-ring (bicyclic) bond motifs is 1. The molecule has 1 aromatic heterocycles. The van der Waals surface area contributed by atoms with E-state index in [2.05, 4.69) is 4.98 Å². The number of halogens is 3. The second kappa shape index (κ2) is 8.39. The lowest BCUT2D eigenvalue weighted by Gasteiger charge is -2.13. The number of rotatable bonds is 6. The molecule has 0 bridgehead atoms. The first-order valence-electron chi connectivity index (χ1n) is 7.76. The van der Waals surface area contributed by atoms with Crippen LogP contribution in [0, 0.1) is 5.82 Å². The topological polar surface area (TPSA) is 44.1 Å². The fourth-order valence-corrected chi connectivity index (χ4v) is 4.01. The van der Waals surface area contributed by atoms with Crippen LogP contribution in [0.4, 0.5) is 4.39 Å². The molecule has 0 radical (unpaired) electrons. The molecular weight excluding hydrogens is 398 g/mol. The van der Waals surface area contributed by atoms with Crippen LogP contribution in [-0.4, -0.2) is 23.3 Å². The first kappa shape index (κ1) is 19.2. The summed E-state index contributed by atoms with van der Waals surface area (Å²) in [4.78, 5) is 17.4. The van der Waals surface area contributed by atoms with Crippen molar-refractivity contribution < 1.29 is 9.13 Å². The van der Waals surface area contributed by atoms with E-state index in [4.69, 9.17) is 27.9 Å². The first-order valence-corrected chi connectivity index (χ1v) is 9.50. The molecule has 136 valence electrons. The molecule has 8 heteroatoms. The molecule has 0 amide bonds. The van der Waals surface area contributed by atoms with Crippen molar-refractivity contribution in [3.05, 3.63) is 68.2 Å². The Kier molecular flexibility index (Phi) is 6.19. The van der Waals surface area contributed by atoms with Crippen LogP contribution < -0.4 is 5.56 Å². The van der Waals surface area contributed by atoms with E-state index in [1.165, 1.54) is 22.4 Å². The van der Waals surface area contributed by atoms with Gasteiger partial charge in [0.15, 0.2) is 5.16 Å². The number of ether oxygens (including phenoxy) is 1. The first-order chi connectivity index (χ1) is 12.5. The lowest BCUT2D eigenvalue weighted by molar-refractivity contribution is 0.183. The standard InChI is InChI=1S/C18H15Cl2FN2O2S/c1-25-8-7-23-17(24)12-6-5-11(19)9-16(12)22-18(23)26-10-13-14(20)3-2-4-15(13)21/h2-6,9H,7-8,10H2,1H3. The van der Waals surface area contributed by atoms with Gasteiger partial charge in [0.1, 0.15) is 5.82 Å². The smallest absolute Gasteiger partial charge is 0.262 e. The van der Waals surface area contributed by atoms with Crippen LogP contribution in [0.5, 0.6) is 0 Å². The SMILES string of the molecule is COCCn1c(SCc2c(F)cccc2Cl)nc2cc(Cl)ccc2c1=O. The number of hydrogen-bond acceptors (Lipinski definition) is 4. The normalized spacial score (nSPS) is 11.2. The Morgan fingerprint density at radius 1 is 1.27 bits per heavy atom. The maximum absolute atomic E-state index is 14.0. The van der Waals surface area contributed by atoms with Gasteiger partial charge in [-0.25, -0.2) is 9.37 Å². The Bertz CT molecular complexity index is 990. The zero-order valence-corrected chi connectivity index (χ0v) is 16.2. The van der Waals surface area contributed by atoms with Crippen molar-refractivity contribution in [2.45, 2.75) is 17.5 Å². The van der Waals surface area contributed by atoms with Gasteiger partial charge in [-0.05, 0) is 30.3 Å². The molecular formula is C18H15Cl2FN2O2S. The van der Waals surface area contributed by atoms with Crippen LogP contribution in [-0.2, 0) is 17.0 Å². The van der Waals surface area contributed by atoms with Crippen LogP contribution in [0.2, 0.25) is 10.0 Å². The molecule has 0 atom stereocenters. The molecule has 3 rings (SSSR count). The third-order valence-electron chi connectivity index (χ3n) is 3.81. The number of aromatic nitrogens is 2. The summed E-state index contributed by atoms with van der Waals surface area (Å²) in [5, 5.41) is 1.76. The number of nitrogens with zero attached hydrogens (tertiary/aromatic N) is 2. The van der Waals surface area contributed by atoms with E-state index in [-0.39, 0.29) is 17.1 Å². The Hall–Kier alpha value is -1.60. The fraction of sp³-hybridized carbons (Fsp3) is 0.222. The number of benzene rings is 2. The number of hydrogen-bond donors (Lipinski definition) is 0. The average molecular weight is 413 g/mol. The molecule has 0 aliphatic heterocycles. The monoisotopic (exact) mass is 412 g/mol. The van der Waals surface area contributed by atoms with Crippen LogP contribution in [0.3, 0.4) is 0 Å². The van der Waals surface area contributed by atoms with E-state index in [0.29, 0.717) is 44.8 Å². The Labute approximate surface area is 163 Å². The van der Waals surface area contributed by atoms with E-state index in [1.54, 1.807) is 37.4 Å². The van der Waals surface area contributed by atoms with Crippen molar-refractivity contribution in [2.75, 3.05) is 13.7 Å². The average Bonchev–Trinajstić information content (AvgIpc) is 2.60. The highest BCUT2D eigenvalue weighted by Gasteiger charge is 2.14. The van der Waals surface area contributed by atoms with E-state index in [0.717, 1.165) is 0 Å². The molecule has 0 saturated carbocycles. The summed E-state index contributed by atoms with van der Waals surface area (Å²) in [6.45, 7) is 0.697. The van der Waals surface area contributed by atoms with Crippen LogP contribution in [0.1, 0.15) is 5.56 Å². The maximum Gasteiger partial charge on any atom is 0.262 e. The Balaban J connectivity index is 2.03. The van der Waals surface area contributed by atoms with Crippen molar-refractivity contribution in [1.29, 1.82) is 0 Å². The lowest BCUT2D eigenvalue weighted by atomic mass is 10.2. The molecule has 4 nitrogen and oxygen atoms in total. The highest BCUT2D eigenvalue weighted by atomic mass is 35.5. The van der Waals surface area contributed by atoms with E-state index < -0.39 is 0 Å². The molecule has 0 aliphatic carbocycles. The predicted molar refractivity (Wildman–Crippen MR) is 104 cm³/mol. The minimum atomic E-state index is -0.389. The van der Waals surface area contributed by atoms with Crippen molar-refractivity contribution in [2.24, 2.45) is 0 Å². The minimum absolute atomic E-state index is 0.189. The molecule has 2 aromatic carbocycles. The Morgan fingerprint density at radius 2 is 2.08 bits per heavy atom. The molecule has 0 fully saturated rings. The molecule has 0 aliphatic rings. The molecule has 3 aromatic rings. The molecule has 0 saturated heterocycles. The van der Waals surface area contributed by atoms with E-state index in [1.807, 2.05) is 0 Å². The summed E-state index contributed by atoms with van der Waals surface area (Å²) < 4.78 is 20.6. The van der Waals surface area contributed by atoms with Gasteiger partial charge in [0, 0.05) is 28.5 Å². The van der Waals surface area contributed by atoms with Gasteiger partial charge in [-0.1, -0.05) is 41.0 Å². The Morgan fingerprint density at radius 3 is 2.81 bits per heavy atom. The van der Waals surface area contributed by atoms with Crippen LogP contribution >= 0.6 is 35.0 Å². The van der Waals surface area contributed by atoms with Gasteiger partial charge < -0.3 is 4.74 Å². The lowest BCUT2D eigenvalue weighted by Crippen LogP contribution is -2.25. The van der Waals surface area contributed by atoms with Gasteiger partial charge in [0.25, 0.3) is 5.56 Å². The summed E-state index contributed by atoms with van der Waals surface area (Å²) in [6, 6.07) is 9.48. The van der Waals surface area contributed by atoms with Gasteiger partial charge in [-0.2, -0.15) is 0 Å². The van der Waals surface area contributed by atoms with Crippen LogP contribution in [0.15, 0.2) is 46.3 Å².